The van der Waals surface area contributed by atoms with Crippen LogP contribution in [-0.2, 0) is 4.79 Å². The number of nitrogens with zero attached hydrogens (tertiary/aromatic N) is 1. The van der Waals surface area contributed by atoms with Gasteiger partial charge in [0.1, 0.15) is 0 Å². The fraction of sp³-hybridized carbons (Fsp3) is 0.200. The van der Waals surface area contributed by atoms with E-state index in [9.17, 15) is 4.79 Å². The van der Waals surface area contributed by atoms with E-state index in [1.54, 1.807) is 12.0 Å². The molecule has 0 aliphatic carbocycles. The fourth-order valence-corrected chi connectivity index (χ4v) is 3.82. The molecule has 0 unspecified atom stereocenters. The van der Waals surface area contributed by atoms with Crippen LogP contribution in [0.3, 0.4) is 0 Å². The Morgan fingerprint density at radius 1 is 1.15 bits per heavy atom. The van der Waals surface area contributed by atoms with E-state index in [4.69, 9.17) is 21.7 Å². The van der Waals surface area contributed by atoms with Gasteiger partial charge in [-0.05, 0) is 42.3 Å². The number of thiocarbonyl (C=S) groups is 1. The Morgan fingerprint density at radius 2 is 1.92 bits per heavy atom. The zero-order valence-electron chi connectivity index (χ0n) is 14.6. The lowest BCUT2D eigenvalue weighted by molar-refractivity contribution is -0.113. The van der Waals surface area contributed by atoms with Crippen LogP contribution in [0.5, 0.6) is 11.5 Å². The maximum absolute atomic E-state index is 12.8. The number of methoxy groups -OCH3 is 1. The van der Waals surface area contributed by atoms with Crippen LogP contribution >= 0.6 is 24.0 Å². The molecule has 2 aromatic carbocycles. The van der Waals surface area contributed by atoms with Crippen molar-refractivity contribution in [3.63, 3.8) is 0 Å². The molecule has 0 aromatic heterocycles. The normalized spacial score (nSPS) is 15.6. The molecule has 26 heavy (non-hydrogen) atoms. The van der Waals surface area contributed by atoms with Gasteiger partial charge in [0.15, 0.2) is 15.8 Å². The van der Waals surface area contributed by atoms with Gasteiger partial charge in [-0.15, -0.1) is 0 Å². The Kier molecular flexibility index (Phi) is 5.96. The Morgan fingerprint density at radius 3 is 2.62 bits per heavy atom. The highest BCUT2D eigenvalue weighted by atomic mass is 32.2. The van der Waals surface area contributed by atoms with Crippen molar-refractivity contribution in [1.29, 1.82) is 0 Å². The molecular formula is C20H19NO3S2. The summed E-state index contributed by atoms with van der Waals surface area (Å²) in [6.07, 6.45) is 2.75. The van der Waals surface area contributed by atoms with Crippen LogP contribution in [0.15, 0.2) is 53.4 Å². The zero-order chi connectivity index (χ0) is 18.5. The molecule has 0 bridgehead atoms. The number of carbonyl (C=O) groups excluding carboxylic acids is 1. The number of ether oxygens (including phenoxy) is 2. The number of thioether (sulfide) groups is 1. The Hall–Kier alpha value is -2.31. The van der Waals surface area contributed by atoms with Crippen LogP contribution in [0, 0.1) is 0 Å². The number of benzene rings is 2. The van der Waals surface area contributed by atoms with Gasteiger partial charge in [-0.2, -0.15) is 0 Å². The minimum Gasteiger partial charge on any atom is -0.493 e. The van der Waals surface area contributed by atoms with Crippen molar-refractivity contribution in [3.8, 4) is 11.5 Å². The van der Waals surface area contributed by atoms with Gasteiger partial charge in [-0.1, -0.05) is 55.2 Å². The minimum atomic E-state index is -0.114. The lowest BCUT2D eigenvalue weighted by Crippen LogP contribution is -2.27. The van der Waals surface area contributed by atoms with Crippen LogP contribution in [0.1, 0.15) is 18.9 Å². The quantitative estimate of drug-likeness (QED) is 0.523. The van der Waals surface area contributed by atoms with Gasteiger partial charge in [0, 0.05) is 0 Å². The molecule has 1 saturated heterocycles. The molecule has 4 nitrogen and oxygen atoms in total. The van der Waals surface area contributed by atoms with E-state index in [-0.39, 0.29) is 5.91 Å². The summed E-state index contributed by atoms with van der Waals surface area (Å²) in [5.41, 5.74) is 1.64. The summed E-state index contributed by atoms with van der Waals surface area (Å²) in [4.78, 5) is 14.9. The van der Waals surface area contributed by atoms with Crippen molar-refractivity contribution in [2.75, 3.05) is 18.6 Å². The molecular weight excluding hydrogens is 366 g/mol. The van der Waals surface area contributed by atoms with Crippen molar-refractivity contribution in [1.82, 2.24) is 0 Å². The lowest BCUT2D eigenvalue weighted by Gasteiger charge is -2.13. The molecule has 0 saturated carbocycles. The van der Waals surface area contributed by atoms with Crippen LogP contribution in [0.4, 0.5) is 5.69 Å². The van der Waals surface area contributed by atoms with Crippen LogP contribution in [-0.4, -0.2) is 23.9 Å². The van der Waals surface area contributed by atoms with Gasteiger partial charge in [0.2, 0.25) is 0 Å². The zero-order valence-corrected chi connectivity index (χ0v) is 16.2. The second-order valence-electron chi connectivity index (χ2n) is 5.61. The molecule has 0 spiro atoms. The van der Waals surface area contributed by atoms with E-state index in [1.165, 1.54) is 11.8 Å². The van der Waals surface area contributed by atoms with Gasteiger partial charge in [0.05, 0.1) is 24.3 Å². The number of para-hydroxylation sites is 1. The Bertz CT molecular complexity index is 849. The van der Waals surface area contributed by atoms with Crippen LogP contribution < -0.4 is 14.4 Å². The van der Waals surface area contributed by atoms with Gasteiger partial charge in [-0.3, -0.25) is 9.69 Å². The highest BCUT2D eigenvalue weighted by Gasteiger charge is 2.33. The van der Waals surface area contributed by atoms with Crippen molar-refractivity contribution < 1.29 is 14.3 Å². The second-order valence-corrected chi connectivity index (χ2v) is 7.29. The molecule has 0 radical (unpaired) electrons. The first-order valence-electron chi connectivity index (χ1n) is 8.28. The van der Waals surface area contributed by atoms with Gasteiger partial charge in [0.25, 0.3) is 5.91 Å². The van der Waals surface area contributed by atoms with Crippen molar-refractivity contribution in [2.45, 2.75) is 13.3 Å². The first kappa shape index (κ1) is 18.5. The highest BCUT2D eigenvalue weighted by molar-refractivity contribution is 8.27. The molecule has 1 aliphatic rings. The topological polar surface area (TPSA) is 38.8 Å². The van der Waals surface area contributed by atoms with E-state index >= 15 is 0 Å². The molecule has 1 amide bonds. The molecule has 1 fully saturated rings. The maximum Gasteiger partial charge on any atom is 0.270 e. The molecule has 134 valence electrons. The van der Waals surface area contributed by atoms with E-state index in [0.717, 1.165) is 17.7 Å². The predicted molar refractivity (Wildman–Crippen MR) is 111 cm³/mol. The number of anilines is 1. The average Bonchev–Trinajstić information content (AvgIpc) is 2.94. The average molecular weight is 386 g/mol. The summed E-state index contributed by atoms with van der Waals surface area (Å²) in [7, 11) is 1.60. The monoisotopic (exact) mass is 385 g/mol. The molecule has 0 N–H and O–H groups in total. The summed E-state index contributed by atoms with van der Waals surface area (Å²) in [5.74, 6) is 1.23. The third-order valence-electron chi connectivity index (χ3n) is 3.76. The summed E-state index contributed by atoms with van der Waals surface area (Å²) in [6, 6.07) is 15.1. The van der Waals surface area contributed by atoms with Gasteiger partial charge >= 0.3 is 0 Å². The van der Waals surface area contributed by atoms with E-state index in [1.807, 2.05) is 54.6 Å². The molecule has 1 aliphatic heterocycles. The predicted octanol–water partition coefficient (Wildman–Crippen LogP) is 4.89. The Labute approximate surface area is 162 Å². The largest absolute Gasteiger partial charge is 0.493 e. The summed E-state index contributed by atoms with van der Waals surface area (Å²) < 4.78 is 11.6. The number of rotatable bonds is 6. The third-order valence-corrected chi connectivity index (χ3v) is 5.06. The standard InChI is InChI=1S/C20H19NO3S2/c1-3-11-24-16-10-9-14(12-17(16)23-2)13-18-19(22)21(20(25)26-18)15-7-5-4-6-8-15/h4-10,12-13H,3,11H2,1-2H3/b18-13-. The van der Waals surface area contributed by atoms with Crippen LogP contribution in [0.2, 0.25) is 0 Å². The third kappa shape index (κ3) is 3.92. The first-order chi connectivity index (χ1) is 12.6. The molecule has 0 atom stereocenters. The first-order valence-corrected chi connectivity index (χ1v) is 9.50. The fourth-order valence-electron chi connectivity index (χ4n) is 2.52. The van der Waals surface area contributed by atoms with Crippen LogP contribution in [0.25, 0.3) is 6.08 Å². The number of carbonyl (C=O) groups is 1. The minimum absolute atomic E-state index is 0.114. The smallest absolute Gasteiger partial charge is 0.270 e. The summed E-state index contributed by atoms with van der Waals surface area (Å²) >= 11 is 6.69. The van der Waals surface area contributed by atoms with Crippen molar-refractivity contribution in [2.24, 2.45) is 0 Å². The maximum atomic E-state index is 12.8. The Balaban J connectivity index is 1.86. The lowest BCUT2D eigenvalue weighted by atomic mass is 10.2. The van der Waals surface area contributed by atoms with Gasteiger partial charge in [-0.25, -0.2) is 0 Å². The van der Waals surface area contributed by atoms with E-state index in [0.29, 0.717) is 27.3 Å². The molecule has 6 heteroatoms. The summed E-state index contributed by atoms with van der Waals surface area (Å²) in [6.45, 7) is 2.68. The number of hydrogen-bond acceptors (Lipinski definition) is 5. The second kappa shape index (κ2) is 8.38. The van der Waals surface area contributed by atoms with E-state index < -0.39 is 0 Å². The summed E-state index contributed by atoms with van der Waals surface area (Å²) in [5, 5.41) is 0. The molecule has 1 heterocycles. The van der Waals surface area contributed by atoms with Crippen molar-refractivity contribution in [3.05, 3.63) is 59.0 Å². The molecule has 3 rings (SSSR count). The highest BCUT2D eigenvalue weighted by Crippen LogP contribution is 2.37. The van der Waals surface area contributed by atoms with Gasteiger partial charge < -0.3 is 9.47 Å². The molecule has 2 aromatic rings. The number of hydrogen-bond donors (Lipinski definition) is 0. The number of amides is 1. The SMILES string of the molecule is CCCOc1ccc(/C=C2\SC(=S)N(c3ccccc3)C2=O)cc1OC. The van der Waals surface area contributed by atoms with E-state index in [2.05, 4.69) is 6.92 Å². The van der Waals surface area contributed by atoms with Crippen molar-refractivity contribution >= 4 is 46.0 Å².